The van der Waals surface area contributed by atoms with Crippen molar-refractivity contribution >= 4 is 54.4 Å². The molecule has 9 N–H and O–H groups in total. The Morgan fingerprint density at radius 2 is 1.80 bits per heavy atom. The van der Waals surface area contributed by atoms with Gasteiger partial charge in [-0.3, -0.25) is 22.3 Å². The van der Waals surface area contributed by atoms with Gasteiger partial charge in [0.15, 0.2) is 17.7 Å². The van der Waals surface area contributed by atoms with Gasteiger partial charge in [-0.2, -0.15) is 8.42 Å². The number of aliphatic hydroxyl groups excluding tert-OH is 3. The minimum absolute atomic E-state index is 0.0961. The topological polar surface area (TPSA) is 337 Å². The number of carboxylic acid groups (broad SMARTS) is 1. The van der Waals surface area contributed by atoms with E-state index in [2.05, 4.69) is 15.0 Å². The Hall–Kier alpha value is -2.25. The zero-order chi connectivity index (χ0) is 30.8. The summed E-state index contributed by atoms with van der Waals surface area (Å²) in [6.07, 6.45) is 1.40. The lowest BCUT2D eigenvalue weighted by Gasteiger charge is -2.16. The van der Waals surface area contributed by atoms with Gasteiger partial charge in [0.2, 0.25) is 0 Å². The molecule has 1 saturated heterocycles. The van der Waals surface area contributed by atoms with E-state index in [-0.39, 0.29) is 35.5 Å². The highest BCUT2D eigenvalue weighted by Gasteiger charge is 2.46. The predicted molar refractivity (Wildman–Crippen MR) is 138 cm³/mol. The summed E-state index contributed by atoms with van der Waals surface area (Å²) < 4.78 is 69.2. The molecule has 0 spiro atoms. The second-order valence-corrected chi connectivity index (χ2v) is 13.0. The predicted octanol–water partition coefficient (Wildman–Crippen LogP) is -4.00. The molecule has 0 saturated carbocycles. The van der Waals surface area contributed by atoms with Crippen molar-refractivity contribution in [3.63, 3.8) is 0 Å². The van der Waals surface area contributed by atoms with E-state index < -0.39 is 57.1 Å². The standard InChI is InChI=1S/C15H22N6O5S.C3H8O4S.H2O4S/c1-27(3-2-7(16)15(24)25)4-8-10(22)11(23)14(26-8)21-6-20-9-12(17)18-5-19-13(9)21;4-2-1-3-8(5,6)7;1-5(2,3)4/h5-8,10-11,14,22-23H,2-4,16H2,1H3,(H2-,17,18,19,24,25);4H,1-3H2,(H,5,6,7);(H2,1,2,3,4)/p-1/t7-,8+,10+,11+,14+,27?;;/m0../s1. The first-order chi connectivity index (χ1) is 18.4. The molecule has 2 aromatic heterocycles. The number of nitrogens with two attached hydrogens (primary N) is 2. The third kappa shape index (κ3) is 12.5. The molecule has 0 aliphatic carbocycles. The van der Waals surface area contributed by atoms with Crippen LogP contribution in [0.5, 0.6) is 0 Å². The number of carbonyl (C=O) groups is 1. The SMILES string of the molecule is C[S+](CC[C@H](N)C(=O)O)C[C@H]1O[C@@H](n2cnc3c(N)ncnc32)[C@H](O)[C@@H]1O.O=S(=O)(O)CCCO.O=S(=O)([O-])[O-]. The molecule has 1 unspecified atom stereocenters. The second-order valence-electron chi connectivity index (χ2n) is 8.29. The first kappa shape index (κ1) is 35.8. The number of fused-ring (bicyclic) bond motifs is 1. The van der Waals surface area contributed by atoms with Crippen molar-refractivity contribution < 1.29 is 60.5 Å². The van der Waals surface area contributed by atoms with Gasteiger partial charge in [-0.05, 0) is 17.3 Å². The Balaban J connectivity index is 0.000000513. The van der Waals surface area contributed by atoms with Crippen LogP contribution in [0.4, 0.5) is 5.82 Å². The molecule has 22 heteroatoms. The van der Waals surface area contributed by atoms with Gasteiger partial charge in [-0.1, -0.05) is 0 Å². The number of hydrogen-bond acceptors (Lipinski definition) is 16. The number of aliphatic hydroxyl groups is 3. The Morgan fingerprint density at radius 1 is 1.20 bits per heavy atom. The lowest BCUT2D eigenvalue weighted by Crippen LogP contribution is -2.37. The van der Waals surface area contributed by atoms with Crippen molar-refractivity contribution in [2.24, 2.45) is 5.73 Å². The minimum Gasteiger partial charge on any atom is -0.759 e. The van der Waals surface area contributed by atoms with Gasteiger partial charge in [0, 0.05) is 23.4 Å². The van der Waals surface area contributed by atoms with Gasteiger partial charge in [-0.25, -0.2) is 15.0 Å². The molecule has 40 heavy (non-hydrogen) atoms. The van der Waals surface area contributed by atoms with Crippen molar-refractivity contribution in [2.45, 2.75) is 43.4 Å². The molecular formula is C18H31N6O13S3-. The van der Waals surface area contributed by atoms with Crippen molar-refractivity contribution in [1.29, 1.82) is 0 Å². The molecule has 2 aromatic rings. The molecule has 0 bridgehead atoms. The maximum atomic E-state index is 10.8. The van der Waals surface area contributed by atoms with E-state index in [1.165, 1.54) is 17.2 Å². The van der Waals surface area contributed by atoms with E-state index in [4.69, 9.17) is 48.5 Å². The minimum atomic E-state index is -5.17. The van der Waals surface area contributed by atoms with Crippen LogP contribution in [-0.4, -0.2) is 131 Å². The molecular weight excluding hydrogens is 604 g/mol. The van der Waals surface area contributed by atoms with Gasteiger partial charge in [0.05, 0.1) is 18.3 Å². The van der Waals surface area contributed by atoms with E-state index in [1.807, 2.05) is 6.26 Å². The Labute approximate surface area is 231 Å². The number of ether oxygens (including phenoxy) is 1. The van der Waals surface area contributed by atoms with Crippen molar-refractivity contribution in [3.8, 4) is 0 Å². The second kappa shape index (κ2) is 15.7. The Bertz CT molecular complexity index is 1300. The molecule has 0 radical (unpaired) electrons. The number of aliphatic carboxylic acids is 1. The maximum Gasteiger partial charge on any atom is 0.320 e. The number of hydrogen-bond donors (Lipinski definition) is 7. The van der Waals surface area contributed by atoms with Crippen LogP contribution in [0.1, 0.15) is 19.1 Å². The van der Waals surface area contributed by atoms with Crippen LogP contribution in [-0.2, 0) is 40.9 Å². The average Bonchev–Trinajstić information content (AvgIpc) is 3.37. The molecule has 1 fully saturated rings. The largest absolute Gasteiger partial charge is 0.759 e. The molecule has 0 amide bonds. The smallest absolute Gasteiger partial charge is 0.320 e. The normalized spacial score (nSPS) is 22.5. The summed E-state index contributed by atoms with van der Waals surface area (Å²) in [5.74, 6) is -0.103. The third-order valence-electron chi connectivity index (χ3n) is 5.10. The van der Waals surface area contributed by atoms with Crippen molar-refractivity contribution in [3.05, 3.63) is 12.7 Å². The fraction of sp³-hybridized carbons (Fsp3) is 0.667. The zero-order valence-corrected chi connectivity index (χ0v) is 23.4. The highest BCUT2D eigenvalue weighted by Crippen LogP contribution is 2.32. The molecule has 1 aliphatic rings. The first-order valence-electron chi connectivity index (χ1n) is 11.1. The summed E-state index contributed by atoms with van der Waals surface area (Å²) in [5.41, 5.74) is 12.1. The summed E-state index contributed by atoms with van der Waals surface area (Å²) >= 11 is 0. The molecule has 0 aromatic carbocycles. The highest BCUT2D eigenvalue weighted by molar-refractivity contribution is 7.96. The van der Waals surface area contributed by atoms with E-state index >= 15 is 0 Å². The summed E-state index contributed by atoms with van der Waals surface area (Å²) in [6, 6.07) is -0.907. The number of nitrogens with zero attached hydrogens (tertiary/aromatic N) is 4. The van der Waals surface area contributed by atoms with Crippen LogP contribution in [0.25, 0.3) is 11.2 Å². The fourth-order valence-electron chi connectivity index (χ4n) is 3.22. The molecule has 3 heterocycles. The van der Waals surface area contributed by atoms with Crippen LogP contribution in [0.15, 0.2) is 12.7 Å². The number of nitrogen functional groups attached to an aromatic ring is 1. The molecule has 3 rings (SSSR count). The molecule has 19 nitrogen and oxygen atoms in total. The number of carboxylic acids is 1. The summed E-state index contributed by atoms with van der Waals surface area (Å²) in [4.78, 5) is 23.0. The average molecular weight is 636 g/mol. The van der Waals surface area contributed by atoms with Crippen LogP contribution in [0.3, 0.4) is 0 Å². The third-order valence-corrected chi connectivity index (χ3v) is 7.74. The highest BCUT2D eigenvalue weighted by atomic mass is 32.3. The van der Waals surface area contributed by atoms with Crippen LogP contribution in [0, 0.1) is 0 Å². The number of anilines is 1. The maximum absolute atomic E-state index is 10.8. The summed E-state index contributed by atoms with van der Waals surface area (Å²) in [6.45, 7) is -0.209. The van der Waals surface area contributed by atoms with Crippen LogP contribution < -0.4 is 11.5 Å². The molecule has 230 valence electrons. The van der Waals surface area contributed by atoms with E-state index in [1.54, 1.807) is 0 Å². The number of imidazole rings is 1. The van der Waals surface area contributed by atoms with Gasteiger partial charge in [0.1, 0.15) is 47.7 Å². The first-order valence-corrected chi connectivity index (χ1v) is 16.0. The van der Waals surface area contributed by atoms with E-state index in [0.29, 0.717) is 29.1 Å². The van der Waals surface area contributed by atoms with Crippen molar-refractivity contribution in [1.82, 2.24) is 19.5 Å². The lowest BCUT2D eigenvalue weighted by atomic mass is 10.1. The molecule has 6 atom stereocenters. The molecule has 1 aliphatic heterocycles. The van der Waals surface area contributed by atoms with Gasteiger partial charge < -0.3 is 45.7 Å². The summed E-state index contributed by atoms with van der Waals surface area (Å²) in [7, 11) is -9.25. The Morgan fingerprint density at radius 3 is 2.30 bits per heavy atom. The Kier molecular flexibility index (Phi) is 14.0. The lowest BCUT2D eigenvalue weighted by molar-refractivity contribution is -0.138. The van der Waals surface area contributed by atoms with Crippen LogP contribution >= 0.6 is 0 Å². The zero-order valence-electron chi connectivity index (χ0n) is 21.0. The summed E-state index contributed by atoms with van der Waals surface area (Å²) in [5, 5.41) is 37.7. The monoisotopic (exact) mass is 635 g/mol. The van der Waals surface area contributed by atoms with Crippen molar-refractivity contribution in [2.75, 3.05) is 35.9 Å². The fourth-order valence-corrected chi connectivity index (χ4v) is 5.37. The van der Waals surface area contributed by atoms with E-state index in [0.717, 1.165) is 0 Å². The number of rotatable bonds is 10. The van der Waals surface area contributed by atoms with E-state index in [9.17, 15) is 23.4 Å². The van der Waals surface area contributed by atoms with Gasteiger partial charge >= 0.3 is 5.97 Å². The number of aromatic nitrogens is 4. The van der Waals surface area contributed by atoms with Gasteiger partial charge in [-0.15, -0.1) is 0 Å². The van der Waals surface area contributed by atoms with Crippen LogP contribution in [0.2, 0.25) is 0 Å². The van der Waals surface area contributed by atoms with Gasteiger partial charge in [0.25, 0.3) is 10.1 Å². The quantitative estimate of drug-likeness (QED) is 0.0742.